The Hall–Kier alpha value is -3.16. The molecule has 0 fully saturated rings. The van der Waals surface area contributed by atoms with Crippen molar-refractivity contribution < 1.29 is 39.5 Å². The summed E-state index contributed by atoms with van der Waals surface area (Å²) >= 11 is 0. The molecule has 1 aromatic rings. The van der Waals surface area contributed by atoms with E-state index < -0.39 is 23.1 Å². The summed E-state index contributed by atoms with van der Waals surface area (Å²) < 4.78 is 10.6. The van der Waals surface area contributed by atoms with Gasteiger partial charge in [-0.05, 0) is 39.5 Å². The minimum atomic E-state index is -0.668. The number of Topliss-reactive ketones (excluding diaryl/α,β-unsaturated/α-hetero) is 2. The maximum atomic E-state index is 12.1. The van der Waals surface area contributed by atoms with Gasteiger partial charge >= 0.3 is 0 Å². The van der Waals surface area contributed by atoms with Crippen LogP contribution in [0, 0.1) is 6.92 Å². The number of aliphatic hydroxyl groups excluding tert-OH is 2. The third kappa shape index (κ3) is 7.43. The van der Waals surface area contributed by atoms with Crippen molar-refractivity contribution in [3.8, 4) is 23.0 Å². The molecule has 0 amide bonds. The van der Waals surface area contributed by atoms with Gasteiger partial charge in [0.2, 0.25) is 11.6 Å². The maximum Gasteiger partial charge on any atom is 0.227 e. The predicted molar refractivity (Wildman–Crippen MR) is 142 cm³/mol. The third-order valence-corrected chi connectivity index (χ3v) is 7.13. The average molecular weight is 519 g/mol. The maximum absolute atomic E-state index is 12.1. The van der Waals surface area contributed by atoms with Crippen LogP contribution in [0.15, 0.2) is 22.7 Å². The van der Waals surface area contributed by atoms with E-state index in [-0.39, 0.29) is 22.6 Å². The molecular formula is C29H42O8. The molecule has 0 unspecified atom stereocenters. The molecule has 206 valence electrons. The molecule has 1 aromatic carbocycles. The molecule has 8 nitrogen and oxygen atoms in total. The summed E-state index contributed by atoms with van der Waals surface area (Å²) in [6.45, 7) is 3.07. The first-order valence-electron chi connectivity index (χ1n) is 13.2. The van der Waals surface area contributed by atoms with Gasteiger partial charge < -0.3 is 29.9 Å². The quantitative estimate of drug-likeness (QED) is 0.145. The Labute approximate surface area is 219 Å². The zero-order chi connectivity index (χ0) is 27.5. The highest BCUT2D eigenvalue weighted by Gasteiger charge is 2.32. The number of hydrogen-bond donors (Lipinski definition) is 4. The Morgan fingerprint density at radius 1 is 0.568 bits per heavy atom. The van der Waals surface area contributed by atoms with Crippen molar-refractivity contribution in [2.45, 2.75) is 97.3 Å². The number of aromatic hydroxyl groups is 2. The van der Waals surface area contributed by atoms with Gasteiger partial charge in [0.25, 0.3) is 0 Å². The van der Waals surface area contributed by atoms with Gasteiger partial charge in [0, 0.05) is 22.3 Å². The molecule has 0 radical (unpaired) electrons. The monoisotopic (exact) mass is 518 g/mol. The van der Waals surface area contributed by atoms with E-state index in [9.17, 15) is 30.0 Å². The van der Waals surface area contributed by atoms with E-state index in [4.69, 9.17) is 9.47 Å². The van der Waals surface area contributed by atoms with Crippen LogP contribution >= 0.6 is 0 Å². The highest BCUT2D eigenvalue weighted by atomic mass is 16.5. The Kier molecular flexibility index (Phi) is 11.8. The van der Waals surface area contributed by atoms with Crippen LogP contribution in [0.1, 0.15) is 95.1 Å². The third-order valence-electron chi connectivity index (χ3n) is 7.13. The van der Waals surface area contributed by atoms with Crippen LogP contribution in [0.2, 0.25) is 0 Å². The van der Waals surface area contributed by atoms with Crippen LogP contribution in [0.5, 0.6) is 23.0 Å². The summed E-state index contributed by atoms with van der Waals surface area (Å²) in [5.74, 6) is -1.74. The zero-order valence-electron chi connectivity index (χ0n) is 22.6. The number of benzene rings is 1. The molecular weight excluding hydrogens is 476 g/mol. The standard InChI is InChI=1S/C29H42O8/c1-18-22(30)24(32)20(25(33)23(18)31)16-14-12-10-8-6-5-7-9-11-13-15-17-21-26(34)28(36-3)19(2)29(37-4)27(21)35/h30,33-35H,5-17H2,1-4H3. The van der Waals surface area contributed by atoms with Gasteiger partial charge in [0.05, 0.1) is 14.2 Å². The minimum absolute atomic E-state index is 0.0178. The molecule has 2 rings (SSSR count). The molecule has 0 aromatic heterocycles. The first-order chi connectivity index (χ1) is 17.7. The second kappa shape index (κ2) is 14.5. The topological polar surface area (TPSA) is 134 Å². The van der Waals surface area contributed by atoms with Crippen molar-refractivity contribution in [2.24, 2.45) is 0 Å². The molecule has 0 saturated carbocycles. The van der Waals surface area contributed by atoms with Crippen molar-refractivity contribution in [1.82, 2.24) is 0 Å². The van der Waals surface area contributed by atoms with E-state index in [1.54, 1.807) is 6.92 Å². The first-order valence-corrected chi connectivity index (χ1v) is 13.2. The fourth-order valence-electron chi connectivity index (χ4n) is 4.85. The number of hydrogen-bond acceptors (Lipinski definition) is 8. The molecule has 1 aliphatic carbocycles. The van der Waals surface area contributed by atoms with Crippen LogP contribution < -0.4 is 9.47 Å². The number of aliphatic hydroxyl groups is 2. The minimum Gasteiger partial charge on any atom is -0.504 e. The van der Waals surface area contributed by atoms with Crippen LogP contribution in [0.25, 0.3) is 0 Å². The summed E-state index contributed by atoms with van der Waals surface area (Å²) in [6.07, 6.45) is 12.1. The van der Waals surface area contributed by atoms with Gasteiger partial charge in [-0.3, -0.25) is 9.59 Å². The highest BCUT2D eigenvalue weighted by molar-refractivity contribution is 6.22. The van der Waals surface area contributed by atoms with E-state index >= 15 is 0 Å². The van der Waals surface area contributed by atoms with E-state index in [2.05, 4.69) is 0 Å². The molecule has 1 aliphatic rings. The van der Waals surface area contributed by atoms with Crippen molar-refractivity contribution in [1.29, 1.82) is 0 Å². The van der Waals surface area contributed by atoms with Gasteiger partial charge in [-0.25, -0.2) is 0 Å². The van der Waals surface area contributed by atoms with E-state index in [0.717, 1.165) is 64.2 Å². The second-order valence-corrected chi connectivity index (χ2v) is 9.72. The van der Waals surface area contributed by atoms with Crippen molar-refractivity contribution in [2.75, 3.05) is 14.2 Å². The van der Waals surface area contributed by atoms with Gasteiger partial charge in [-0.15, -0.1) is 0 Å². The largest absolute Gasteiger partial charge is 0.504 e. The summed E-state index contributed by atoms with van der Waals surface area (Å²) in [7, 11) is 2.97. The molecule has 0 atom stereocenters. The molecule has 8 heteroatoms. The predicted octanol–water partition coefficient (Wildman–Crippen LogP) is 6.44. The van der Waals surface area contributed by atoms with Crippen molar-refractivity contribution >= 4 is 11.6 Å². The Morgan fingerprint density at radius 3 is 1.41 bits per heavy atom. The lowest BCUT2D eigenvalue weighted by atomic mass is 9.91. The number of carbonyl (C=O) groups excluding carboxylic acids is 2. The van der Waals surface area contributed by atoms with Crippen LogP contribution in [0.4, 0.5) is 0 Å². The molecule has 0 saturated heterocycles. The number of rotatable bonds is 16. The molecule has 37 heavy (non-hydrogen) atoms. The lowest BCUT2D eigenvalue weighted by Gasteiger charge is -2.17. The van der Waals surface area contributed by atoms with Crippen molar-refractivity contribution in [3.05, 3.63) is 33.8 Å². The number of unbranched alkanes of at least 4 members (excludes halogenated alkanes) is 10. The number of ether oxygens (including phenoxy) is 2. The fourth-order valence-corrected chi connectivity index (χ4v) is 4.85. The Balaban J connectivity index is 1.56. The van der Waals surface area contributed by atoms with Crippen molar-refractivity contribution in [3.63, 3.8) is 0 Å². The number of methoxy groups -OCH3 is 2. The van der Waals surface area contributed by atoms with E-state index in [1.807, 2.05) is 0 Å². The van der Waals surface area contributed by atoms with Crippen LogP contribution in [0.3, 0.4) is 0 Å². The number of phenolic OH excluding ortho intramolecular Hbond substituents is 2. The molecule has 0 spiro atoms. The zero-order valence-corrected chi connectivity index (χ0v) is 22.6. The Morgan fingerprint density at radius 2 is 0.973 bits per heavy atom. The van der Waals surface area contributed by atoms with Crippen LogP contribution in [-0.2, 0) is 16.0 Å². The van der Waals surface area contributed by atoms with E-state index in [0.29, 0.717) is 41.9 Å². The number of allylic oxidation sites excluding steroid dienone is 2. The normalized spacial score (nSPS) is 14.1. The molecule has 0 bridgehead atoms. The Bertz CT molecular complexity index is 1000. The smallest absolute Gasteiger partial charge is 0.227 e. The number of phenols is 2. The SMILES string of the molecule is COc1c(C)c(OC)c(O)c(CCCCCCCCCCCCCC2=C(O)C(=O)C(C)=C(O)C2=O)c1O. The summed E-state index contributed by atoms with van der Waals surface area (Å²) in [4.78, 5) is 23.9. The lowest BCUT2D eigenvalue weighted by molar-refractivity contribution is -0.120. The lowest BCUT2D eigenvalue weighted by Crippen LogP contribution is -2.22. The van der Waals surface area contributed by atoms with E-state index in [1.165, 1.54) is 21.1 Å². The highest BCUT2D eigenvalue weighted by Crippen LogP contribution is 2.47. The first kappa shape index (κ1) is 30.1. The van der Waals surface area contributed by atoms with Gasteiger partial charge in [-0.2, -0.15) is 0 Å². The molecule has 0 aliphatic heterocycles. The van der Waals surface area contributed by atoms with Crippen LogP contribution in [-0.4, -0.2) is 46.2 Å². The summed E-state index contributed by atoms with van der Waals surface area (Å²) in [5.41, 5.74) is 0.967. The fraction of sp³-hybridized carbons (Fsp3) is 0.586. The second-order valence-electron chi connectivity index (χ2n) is 9.72. The van der Waals surface area contributed by atoms with Gasteiger partial charge in [-0.1, -0.05) is 57.8 Å². The summed E-state index contributed by atoms with van der Waals surface area (Å²) in [5, 5.41) is 40.6. The summed E-state index contributed by atoms with van der Waals surface area (Å²) in [6, 6.07) is 0. The van der Waals surface area contributed by atoms with Gasteiger partial charge in [0.15, 0.2) is 34.5 Å². The van der Waals surface area contributed by atoms with Gasteiger partial charge in [0.1, 0.15) is 0 Å². The number of ketones is 2. The molecule has 4 N–H and O–H groups in total. The number of carbonyl (C=O) groups is 2. The average Bonchev–Trinajstić information content (AvgIpc) is 2.88. The molecule has 0 heterocycles.